The lowest BCUT2D eigenvalue weighted by atomic mass is 10.0. The molecule has 1 amide bonds. The van der Waals surface area contributed by atoms with Gasteiger partial charge in [-0.25, -0.2) is 0 Å². The van der Waals surface area contributed by atoms with Gasteiger partial charge in [-0.05, 0) is 25.8 Å². The van der Waals surface area contributed by atoms with E-state index in [9.17, 15) is 4.79 Å². The molecule has 2 rings (SSSR count). The van der Waals surface area contributed by atoms with Gasteiger partial charge in [0.15, 0.2) is 0 Å². The summed E-state index contributed by atoms with van der Waals surface area (Å²) in [6.07, 6.45) is 3.38. The lowest BCUT2D eigenvalue weighted by Gasteiger charge is -2.18. The number of nitrogens with one attached hydrogen (secondary N) is 2. The molecule has 1 saturated heterocycles. The smallest absolute Gasteiger partial charge is 0.227 e. The molecule has 0 aromatic carbocycles. The third-order valence-corrected chi connectivity index (χ3v) is 3.00. The molecule has 0 aromatic rings. The maximum atomic E-state index is 11.8. The van der Waals surface area contributed by atoms with Gasteiger partial charge in [0.05, 0.1) is 19.1 Å². The maximum Gasteiger partial charge on any atom is 0.227 e. The van der Waals surface area contributed by atoms with Crippen LogP contribution in [0.2, 0.25) is 0 Å². The molecule has 2 aliphatic rings. The monoisotopic (exact) mass is 212 g/mol. The summed E-state index contributed by atoms with van der Waals surface area (Å²) in [5.41, 5.74) is 0. The number of amides is 1. The normalized spacial score (nSPS) is 30.5. The first kappa shape index (κ1) is 10.9. The van der Waals surface area contributed by atoms with E-state index in [0.29, 0.717) is 19.3 Å². The zero-order valence-electron chi connectivity index (χ0n) is 9.29. The van der Waals surface area contributed by atoms with Gasteiger partial charge in [-0.3, -0.25) is 4.79 Å². The molecule has 4 nitrogen and oxygen atoms in total. The van der Waals surface area contributed by atoms with Crippen LogP contribution in [0.1, 0.15) is 26.2 Å². The van der Waals surface area contributed by atoms with Crippen molar-refractivity contribution in [3.63, 3.8) is 0 Å². The van der Waals surface area contributed by atoms with Crippen molar-refractivity contribution < 1.29 is 9.53 Å². The summed E-state index contributed by atoms with van der Waals surface area (Å²) in [6.45, 7) is 4.33. The molecule has 86 valence electrons. The van der Waals surface area contributed by atoms with Gasteiger partial charge in [0.2, 0.25) is 5.91 Å². The van der Waals surface area contributed by atoms with Gasteiger partial charge in [0, 0.05) is 12.1 Å². The van der Waals surface area contributed by atoms with E-state index in [0.717, 1.165) is 25.8 Å². The number of hydrogen-bond acceptors (Lipinski definition) is 3. The Morgan fingerprint density at radius 1 is 1.40 bits per heavy atom. The highest BCUT2D eigenvalue weighted by atomic mass is 16.5. The summed E-state index contributed by atoms with van der Waals surface area (Å²) in [4.78, 5) is 11.8. The van der Waals surface area contributed by atoms with Gasteiger partial charge >= 0.3 is 0 Å². The van der Waals surface area contributed by atoms with Crippen LogP contribution in [0.25, 0.3) is 0 Å². The van der Waals surface area contributed by atoms with Gasteiger partial charge < -0.3 is 15.4 Å². The third kappa shape index (κ3) is 2.92. The van der Waals surface area contributed by atoms with Crippen LogP contribution >= 0.6 is 0 Å². The molecule has 0 radical (unpaired) electrons. The topological polar surface area (TPSA) is 50.4 Å². The van der Waals surface area contributed by atoms with Crippen molar-refractivity contribution >= 4 is 5.91 Å². The lowest BCUT2D eigenvalue weighted by Crippen LogP contribution is -2.44. The molecule has 1 aliphatic carbocycles. The summed E-state index contributed by atoms with van der Waals surface area (Å²) < 4.78 is 5.37. The standard InChI is InChI=1S/C11H20N2O2/c1-2-5-12-10-7-15-6-9(10)11(14)13-8-3-4-8/h8-10,12H,2-7H2,1H3,(H,13,14). The molecule has 1 heterocycles. The molecule has 2 unspecified atom stereocenters. The van der Waals surface area contributed by atoms with E-state index in [-0.39, 0.29) is 17.9 Å². The summed E-state index contributed by atoms with van der Waals surface area (Å²) in [6, 6.07) is 0.661. The highest BCUT2D eigenvalue weighted by Crippen LogP contribution is 2.21. The second kappa shape index (κ2) is 4.94. The van der Waals surface area contributed by atoms with Crippen molar-refractivity contribution in [3.8, 4) is 0 Å². The number of rotatable bonds is 5. The van der Waals surface area contributed by atoms with E-state index < -0.39 is 0 Å². The molecule has 4 heteroatoms. The van der Waals surface area contributed by atoms with Crippen LogP contribution in [0.15, 0.2) is 0 Å². The van der Waals surface area contributed by atoms with Crippen LogP contribution in [0.4, 0.5) is 0 Å². The SMILES string of the molecule is CCCNC1COCC1C(=O)NC1CC1. The van der Waals surface area contributed by atoms with Crippen molar-refractivity contribution in [2.24, 2.45) is 5.92 Å². The maximum absolute atomic E-state index is 11.8. The Balaban J connectivity index is 1.79. The molecule has 1 aliphatic heterocycles. The third-order valence-electron chi connectivity index (χ3n) is 3.00. The van der Waals surface area contributed by atoms with E-state index in [1.54, 1.807) is 0 Å². The van der Waals surface area contributed by atoms with Crippen LogP contribution in [0.3, 0.4) is 0 Å². The van der Waals surface area contributed by atoms with E-state index in [4.69, 9.17) is 4.74 Å². The highest BCUT2D eigenvalue weighted by Gasteiger charge is 2.35. The average molecular weight is 212 g/mol. The second-order valence-corrected chi connectivity index (χ2v) is 4.49. The summed E-state index contributed by atoms with van der Waals surface area (Å²) in [5.74, 6) is 0.181. The van der Waals surface area contributed by atoms with Gasteiger partial charge in [0.25, 0.3) is 0 Å². The molecule has 0 spiro atoms. The molecular formula is C11H20N2O2. The summed E-state index contributed by atoms with van der Waals surface area (Å²) >= 11 is 0. The minimum Gasteiger partial charge on any atom is -0.379 e. The predicted molar refractivity (Wildman–Crippen MR) is 57.6 cm³/mol. The molecule has 2 atom stereocenters. The van der Waals surface area contributed by atoms with E-state index in [1.165, 1.54) is 0 Å². The van der Waals surface area contributed by atoms with Crippen molar-refractivity contribution in [2.45, 2.75) is 38.3 Å². The van der Waals surface area contributed by atoms with Gasteiger partial charge in [-0.2, -0.15) is 0 Å². The van der Waals surface area contributed by atoms with Crippen molar-refractivity contribution in [1.82, 2.24) is 10.6 Å². The number of carbonyl (C=O) groups is 1. The fourth-order valence-electron chi connectivity index (χ4n) is 1.88. The van der Waals surface area contributed by atoms with Gasteiger partial charge in [0.1, 0.15) is 0 Å². The van der Waals surface area contributed by atoms with Crippen LogP contribution in [0.5, 0.6) is 0 Å². The lowest BCUT2D eigenvalue weighted by molar-refractivity contribution is -0.125. The van der Waals surface area contributed by atoms with Crippen LogP contribution < -0.4 is 10.6 Å². The Morgan fingerprint density at radius 2 is 2.20 bits per heavy atom. The van der Waals surface area contributed by atoms with Crippen molar-refractivity contribution in [2.75, 3.05) is 19.8 Å². The van der Waals surface area contributed by atoms with E-state index in [1.807, 2.05) is 0 Å². The first-order valence-corrected chi connectivity index (χ1v) is 5.92. The van der Waals surface area contributed by atoms with Crippen LogP contribution in [-0.4, -0.2) is 37.7 Å². The largest absolute Gasteiger partial charge is 0.379 e. The first-order valence-electron chi connectivity index (χ1n) is 5.92. The van der Waals surface area contributed by atoms with Crippen molar-refractivity contribution in [1.29, 1.82) is 0 Å². The Kier molecular flexibility index (Phi) is 3.59. The van der Waals surface area contributed by atoms with Gasteiger partial charge in [-0.15, -0.1) is 0 Å². The Labute approximate surface area is 90.8 Å². The zero-order chi connectivity index (χ0) is 10.7. The Hall–Kier alpha value is -0.610. The molecule has 15 heavy (non-hydrogen) atoms. The predicted octanol–water partition coefficient (Wildman–Crippen LogP) is 0.280. The number of ether oxygens (including phenoxy) is 1. The summed E-state index contributed by atoms with van der Waals surface area (Å²) in [7, 11) is 0. The minimum atomic E-state index is 0.0112. The fourth-order valence-corrected chi connectivity index (χ4v) is 1.88. The molecule has 1 saturated carbocycles. The molecule has 2 fully saturated rings. The van der Waals surface area contributed by atoms with E-state index in [2.05, 4.69) is 17.6 Å². The van der Waals surface area contributed by atoms with Crippen LogP contribution in [0, 0.1) is 5.92 Å². The first-order chi connectivity index (χ1) is 7.31. The number of carbonyl (C=O) groups excluding carboxylic acids is 1. The second-order valence-electron chi connectivity index (χ2n) is 4.49. The Bertz CT molecular complexity index is 229. The Morgan fingerprint density at radius 3 is 2.87 bits per heavy atom. The van der Waals surface area contributed by atoms with Crippen molar-refractivity contribution in [3.05, 3.63) is 0 Å². The molecule has 2 N–H and O–H groups in total. The highest BCUT2D eigenvalue weighted by molar-refractivity contribution is 5.80. The quantitative estimate of drug-likeness (QED) is 0.688. The zero-order valence-corrected chi connectivity index (χ0v) is 9.29. The molecule has 0 aromatic heterocycles. The molecular weight excluding hydrogens is 192 g/mol. The number of hydrogen-bond donors (Lipinski definition) is 2. The fraction of sp³-hybridized carbons (Fsp3) is 0.909. The van der Waals surface area contributed by atoms with E-state index >= 15 is 0 Å². The summed E-state index contributed by atoms with van der Waals surface area (Å²) in [5, 5.41) is 6.41. The van der Waals surface area contributed by atoms with Crippen LogP contribution in [-0.2, 0) is 9.53 Å². The molecule has 0 bridgehead atoms. The average Bonchev–Trinajstić information content (AvgIpc) is 2.91. The minimum absolute atomic E-state index is 0.0112. The van der Waals surface area contributed by atoms with Gasteiger partial charge in [-0.1, -0.05) is 6.92 Å².